The van der Waals surface area contributed by atoms with Gasteiger partial charge in [-0.05, 0) is 37.0 Å². The van der Waals surface area contributed by atoms with Crippen LogP contribution in [-0.4, -0.2) is 41.0 Å². The number of carboxylic acids is 1. The van der Waals surface area contributed by atoms with E-state index < -0.39 is 12.0 Å². The van der Waals surface area contributed by atoms with Gasteiger partial charge in [0.25, 0.3) is 0 Å². The normalized spacial score (nSPS) is 17.6. The molecular formula is C16H21N3O4. The van der Waals surface area contributed by atoms with E-state index in [1.807, 2.05) is 6.07 Å². The van der Waals surface area contributed by atoms with Gasteiger partial charge in [-0.15, -0.1) is 0 Å². The molecule has 1 unspecified atom stereocenters. The second-order valence-electron chi connectivity index (χ2n) is 5.71. The number of carbonyl (C=O) groups is 3. The van der Waals surface area contributed by atoms with Gasteiger partial charge < -0.3 is 21.1 Å². The molecule has 0 aliphatic carbocycles. The number of aliphatic carboxylic acids is 1. The van der Waals surface area contributed by atoms with Crippen molar-refractivity contribution in [1.29, 1.82) is 0 Å². The van der Waals surface area contributed by atoms with Gasteiger partial charge in [0, 0.05) is 25.2 Å². The third-order valence-electron chi connectivity index (χ3n) is 3.93. The number of benzene rings is 1. The van der Waals surface area contributed by atoms with Gasteiger partial charge >= 0.3 is 12.0 Å². The topological polar surface area (TPSA) is 113 Å². The average Bonchev–Trinajstić information content (AvgIpc) is 2.53. The molecule has 1 aliphatic heterocycles. The molecule has 1 saturated heterocycles. The van der Waals surface area contributed by atoms with Crippen molar-refractivity contribution in [3.05, 3.63) is 29.8 Å². The number of carbonyl (C=O) groups excluding carboxylic acids is 2. The van der Waals surface area contributed by atoms with Crippen LogP contribution < -0.4 is 11.1 Å². The van der Waals surface area contributed by atoms with Crippen LogP contribution >= 0.6 is 0 Å². The van der Waals surface area contributed by atoms with E-state index in [4.69, 9.17) is 10.8 Å². The quantitative estimate of drug-likeness (QED) is 0.762. The molecule has 23 heavy (non-hydrogen) atoms. The number of aryl methyl sites for hydroxylation is 1. The molecule has 7 nitrogen and oxygen atoms in total. The van der Waals surface area contributed by atoms with Crippen molar-refractivity contribution < 1.29 is 19.5 Å². The van der Waals surface area contributed by atoms with Crippen molar-refractivity contribution >= 4 is 23.6 Å². The second kappa shape index (κ2) is 7.62. The van der Waals surface area contributed by atoms with Crippen LogP contribution in [0.5, 0.6) is 0 Å². The van der Waals surface area contributed by atoms with Crippen LogP contribution in [0.1, 0.15) is 24.8 Å². The molecule has 0 saturated carbocycles. The Kier molecular flexibility index (Phi) is 5.56. The largest absolute Gasteiger partial charge is 0.481 e. The zero-order valence-corrected chi connectivity index (χ0v) is 12.8. The smallest absolute Gasteiger partial charge is 0.314 e. The fraction of sp³-hybridized carbons (Fsp3) is 0.438. The number of urea groups is 1. The number of hydrogen-bond acceptors (Lipinski definition) is 3. The lowest BCUT2D eigenvalue weighted by Gasteiger charge is -2.30. The highest BCUT2D eigenvalue weighted by atomic mass is 16.4. The lowest BCUT2D eigenvalue weighted by atomic mass is 9.97. The van der Waals surface area contributed by atoms with Crippen molar-refractivity contribution in [1.82, 2.24) is 4.90 Å². The van der Waals surface area contributed by atoms with Crippen LogP contribution in [0.15, 0.2) is 24.3 Å². The number of anilines is 1. The highest BCUT2D eigenvalue weighted by molar-refractivity contribution is 5.93. The SMILES string of the molecule is NC(=O)N1CCCC(C(=O)Nc2cccc(CCC(=O)O)c2)C1. The lowest BCUT2D eigenvalue weighted by Crippen LogP contribution is -2.46. The molecule has 0 bridgehead atoms. The summed E-state index contributed by atoms with van der Waals surface area (Å²) in [5, 5.41) is 11.6. The Balaban J connectivity index is 1.95. The Hall–Kier alpha value is -2.57. The minimum absolute atomic E-state index is 0.0492. The molecule has 7 heteroatoms. The number of piperidine rings is 1. The minimum Gasteiger partial charge on any atom is -0.481 e. The highest BCUT2D eigenvalue weighted by Crippen LogP contribution is 2.19. The molecule has 0 spiro atoms. The van der Waals surface area contributed by atoms with Crippen molar-refractivity contribution in [2.75, 3.05) is 18.4 Å². The Morgan fingerprint density at radius 2 is 2.13 bits per heavy atom. The second-order valence-corrected chi connectivity index (χ2v) is 5.71. The summed E-state index contributed by atoms with van der Waals surface area (Å²) in [4.78, 5) is 35.6. The maximum absolute atomic E-state index is 12.3. The van der Waals surface area contributed by atoms with Crippen LogP contribution in [0.25, 0.3) is 0 Å². The van der Waals surface area contributed by atoms with Gasteiger partial charge in [-0.3, -0.25) is 9.59 Å². The van der Waals surface area contributed by atoms with Crippen molar-refractivity contribution in [2.24, 2.45) is 11.7 Å². The first-order valence-electron chi connectivity index (χ1n) is 7.61. The summed E-state index contributed by atoms with van der Waals surface area (Å²) in [6.07, 6.45) is 1.93. The maximum atomic E-state index is 12.3. The molecule has 1 fully saturated rings. The Morgan fingerprint density at radius 1 is 1.35 bits per heavy atom. The first-order chi connectivity index (χ1) is 11.0. The van der Waals surface area contributed by atoms with E-state index in [1.54, 1.807) is 18.2 Å². The average molecular weight is 319 g/mol. The molecule has 2 rings (SSSR count). The van der Waals surface area contributed by atoms with Crippen LogP contribution in [0.4, 0.5) is 10.5 Å². The zero-order valence-electron chi connectivity index (χ0n) is 12.8. The number of nitrogens with zero attached hydrogens (tertiary/aromatic N) is 1. The number of likely N-dealkylation sites (tertiary alicyclic amines) is 1. The fourth-order valence-corrected chi connectivity index (χ4v) is 2.69. The molecule has 3 amide bonds. The first kappa shape index (κ1) is 16.8. The number of rotatable bonds is 5. The number of nitrogens with one attached hydrogen (secondary N) is 1. The van der Waals surface area contributed by atoms with Crippen LogP contribution in [0.2, 0.25) is 0 Å². The van der Waals surface area contributed by atoms with E-state index in [1.165, 1.54) is 4.90 Å². The summed E-state index contributed by atoms with van der Waals surface area (Å²) in [6.45, 7) is 0.920. The molecule has 4 N–H and O–H groups in total. The summed E-state index contributed by atoms with van der Waals surface area (Å²) in [7, 11) is 0. The van der Waals surface area contributed by atoms with Gasteiger partial charge in [0.2, 0.25) is 5.91 Å². The predicted molar refractivity (Wildman–Crippen MR) is 84.9 cm³/mol. The molecule has 1 aliphatic rings. The summed E-state index contributed by atoms with van der Waals surface area (Å²) < 4.78 is 0. The molecule has 1 heterocycles. The van der Waals surface area contributed by atoms with E-state index in [9.17, 15) is 14.4 Å². The Bertz CT molecular complexity index is 603. The van der Waals surface area contributed by atoms with E-state index >= 15 is 0 Å². The minimum atomic E-state index is -0.854. The van der Waals surface area contributed by atoms with E-state index in [0.29, 0.717) is 31.6 Å². The Morgan fingerprint density at radius 3 is 2.83 bits per heavy atom. The van der Waals surface area contributed by atoms with Gasteiger partial charge in [-0.25, -0.2) is 4.79 Å². The van der Waals surface area contributed by atoms with Crippen LogP contribution in [-0.2, 0) is 16.0 Å². The summed E-state index contributed by atoms with van der Waals surface area (Å²) in [5.41, 5.74) is 6.75. The first-order valence-corrected chi connectivity index (χ1v) is 7.61. The van der Waals surface area contributed by atoms with Gasteiger partial charge in [-0.2, -0.15) is 0 Å². The molecule has 124 valence electrons. The monoisotopic (exact) mass is 319 g/mol. The third-order valence-corrected chi connectivity index (χ3v) is 3.93. The van der Waals surface area contributed by atoms with Gasteiger partial charge in [-0.1, -0.05) is 12.1 Å². The maximum Gasteiger partial charge on any atom is 0.314 e. The number of amides is 3. The lowest BCUT2D eigenvalue weighted by molar-refractivity contribution is -0.137. The Labute approximate surface area is 134 Å². The summed E-state index contributed by atoms with van der Waals surface area (Å²) >= 11 is 0. The van der Waals surface area contributed by atoms with E-state index in [0.717, 1.165) is 12.0 Å². The van der Waals surface area contributed by atoms with Crippen molar-refractivity contribution in [2.45, 2.75) is 25.7 Å². The van der Waals surface area contributed by atoms with Gasteiger partial charge in [0.1, 0.15) is 0 Å². The molecule has 0 aromatic heterocycles. The van der Waals surface area contributed by atoms with Crippen molar-refractivity contribution in [3.63, 3.8) is 0 Å². The third kappa shape index (κ3) is 4.98. The van der Waals surface area contributed by atoms with Crippen molar-refractivity contribution in [3.8, 4) is 0 Å². The standard InChI is InChI=1S/C16H21N3O4/c17-16(23)19-8-2-4-12(10-19)15(22)18-13-5-1-3-11(9-13)6-7-14(20)21/h1,3,5,9,12H,2,4,6-8,10H2,(H2,17,23)(H,18,22)(H,20,21). The van der Waals surface area contributed by atoms with Gasteiger partial charge in [0.05, 0.1) is 5.92 Å². The zero-order chi connectivity index (χ0) is 16.8. The molecule has 1 aromatic carbocycles. The molecule has 1 aromatic rings. The number of primary amides is 1. The highest BCUT2D eigenvalue weighted by Gasteiger charge is 2.27. The summed E-state index contributed by atoms with van der Waals surface area (Å²) in [5.74, 6) is -1.28. The molecular weight excluding hydrogens is 298 g/mol. The number of nitrogens with two attached hydrogens (primary N) is 1. The number of hydrogen-bond donors (Lipinski definition) is 3. The van der Waals surface area contributed by atoms with Crippen LogP contribution in [0, 0.1) is 5.92 Å². The summed E-state index contributed by atoms with van der Waals surface area (Å²) in [6, 6.07) is 6.64. The van der Waals surface area contributed by atoms with Crippen LogP contribution in [0.3, 0.4) is 0 Å². The molecule has 0 radical (unpaired) electrons. The van der Waals surface area contributed by atoms with E-state index in [2.05, 4.69) is 5.32 Å². The fourth-order valence-electron chi connectivity index (χ4n) is 2.69. The predicted octanol–water partition coefficient (Wildman–Crippen LogP) is 1.43. The van der Waals surface area contributed by atoms with Gasteiger partial charge in [0.15, 0.2) is 0 Å². The van der Waals surface area contributed by atoms with E-state index in [-0.39, 0.29) is 18.2 Å². The number of carboxylic acid groups (broad SMARTS) is 1. The molecule has 1 atom stereocenters.